The maximum Gasteiger partial charge on any atom is 0.343 e. The first-order chi connectivity index (χ1) is 17.0. The quantitative estimate of drug-likeness (QED) is 0.383. The monoisotopic (exact) mass is 492 g/mol. The van der Waals surface area contributed by atoms with Gasteiger partial charge in [0.05, 0.1) is 29.4 Å². The second-order valence-electron chi connectivity index (χ2n) is 8.61. The lowest BCUT2D eigenvalue weighted by Gasteiger charge is -2.17. The second kappa shape index (κ2) is 8.66. The number of aromatic carboxylic acids is 1. The third-order valence-corrected chi connectivity index (χ3v) is 6.71. The predicted molar refractivity (Wildman–Crippen MR) is 129 cm³/mol. The van der Waals surface area contributed by atoms with E-state index in [0.717, 1.165) is 16.7 Å². The Hall–Kier alpha value is -3.43. The molecule has 0 spiro atoms. The molecule has 0 amide bonds. The molecule has 4 heterocycles. The molecule has 6 rings (SSSR count). The van der Waals surface area contributed by atoms with E-state index in [1.807, 2.05) is 54.6 Å². The van der Waals surface area contributed by atoms with E-state index in [-0.39, 0.29) is 30.2 Å². The van der Waals surface area contributed by atoms with Crippen molar-refractivity contribution in [3.05, 3.63) is 71.2 Å². The van der Waals surface area contributed by atoms with Crippen LogP contribution in [-0.2, 0) is 9.47 Å². The number of nitrogens with one attached hydrogen (secondary N) is 1. The molecule has 0 aliphatic carbocycles. The van der Waals surface area contributed by atoms with Gasteiger partial charge < -0.3 is 29.4 Å². The van der Waals surface area contributed by atoms with Crippen LogP contribution < -0.4 is 4.74 Å². The van der Waals surface area contributed by atoms with Gasteiger partial charge >= 0.3 is 5.97 Å². The SMILES string of the molecule is O=C(O)c1c(O[C@@H]2COC3[C@H](O)CO[C@@H]32)[nH]c2cc(Cl)c(-c3ccc(-c4ccccc4)cc3)nc12. The van der Waals surface area contributed by atoms with E-state index in [0.29, 0.717) is 16.2 Å². The third-order valence-electron chi connectivity index (χ3n) is 6.42. The Morgan fingerprint density at radius 3 is 2.43 bits per heavy atom. The van der Waals surface area contributed by atoms with Crippen molar-refractivity contribution in [3.63, 3.8) is 0 Å². The van der Waals surface area contributed by atoms with E-state index < -0.39 is 30.4 Å². The zero-order chi connectivity index (χ0) is 24.1. The van der Waals surface area contributed by atoms with Crippen LogP contribution in [0.5, 0.6) is 5.88 Å². The molecule has 4 aromatic rings. The molecule has 0 bridgehead atoms. The zero-order valence-corrected chi connectivity index (χ0v) is 19.1. The average Bonchev–Trinajstić information content (AvgIpc) is 3.54. The number of halogens is 1. The molecule has 8 nitrogen and oxygen atoms in total. The molecule has 2 fully saturated rings. The van der Waals surface area contributed by atoms with Gasteiger partial charge in [-0.1, -0.05) is 66.2 Å². The van der Waals surface area contributed by atoms with Crippen molar-refractivity contribution >= 4 is 28.6 Å². The average molecular weight is 493 g/mol. The fraction of sp³-hybridized carbons (Fsp3) is 0.231. The first kappa shape index (κ1) is 22.1. The first-order valence-corrected chi connectivity index (χ1v) is 11.6. The number of hydrogen-bond acceptors (Lipinski definition) is 6. The summed E-state index contributed by atoms with van der Waals surface area (Å²) in [6, 6.07) is 19.4. The Labute approximate surface area is 205 Å². The molecule has 35 heavy (non-hydrogen) atoms. The van der Waals surface area contributed by atoms with Gasteiger partial charge in [-0.15, -0.1) is 0 Å². The Morgan fingerprint density at radius 2 is 1.69 bits per heavy atom. The van der Waals surface area contributed by atoms with Gasteiger partial charge in [0.1, 0.15) is 29.4 Å². The van der Waals surface area contributed by atoms with Crippen LogP contribution in [0, 0.1) is 0 Å². The van der Waals surface area contributed by atoms with Crippen LogP contribution in [0.3, 0.4) is 0 Å². The molecular formula is C26H21ClN2O6. The van der Waals surface area contributed by atoms with E-state index in [4.69, 9.17) is 25.8 Å². The normalized spacial score (nSPS) is 23.5. The van der Waals surface area contributed by atoms with Gasteiger partial charge in [-0.05, 0) is 17.2 Å². The minimum absolute atomic E-state index is 0.0480. The lowest BCUT2D eigenvalue weighted by atomic mass is 10.0. The Morgan fingerprint density at radius 1 is 1.00 bits per heavy atom. The number of hydrogen-bond donors (Lipinski definition) is 3. The summed E-state index contributed by atoms with van der Waals surface area (Å²) < 4.78 is 17.2. The molecule has 2 aliphatic rings. The number of carboxylic acids is 1. The number of aromatic nitrogens is 2. The number of H-pyrrole nitrogens is 1. The predicted octanol–water partition coefficient (Wildman–Crippen LogP) is 4.15. The molecule has 4 atom stereocenters. The van der Waals surface area contributed by atoms with Gasteiger partial charge in [-0.3, -0.25) is 0 Å². The van der Waals surface area contributed by atoms with E-state index in [1.54, 1.807) is 6.07 Å². The number of aliphatic hydroxyl groups excluding tert-OH is 1. The number of aromatic amines is 1. The molecular weight excluding hydrogens is 472 g/mol. The summed E-state index contributed by atoms with van der Waals surface area (Å²) in [5.41, 5.74) is 3.95. The topological polar surface area (TPSA) is 114 Å². The van der Waals surface area contributed by atoms with Crippen molar-refractivity contribution in [1.82, 2.24) is 9.97 Å². The van der Waals surface area contributed by atoms with Crippen LogP contribution in [-0.4, -0.2) is 63.8 Å². The first-order valence-electron chi connectivity index (χ1n) is 11.2. The molecule has 2 saturated heterocycles. The van der Waals surface area contributed by atoms with Gasteiger partial charge in [0.2, 0.25) is 5.88 Å². The standard InChI is InChI=1S/C26H21ClN2O6/c27-16-10-17-22(29-21(16)15-8-6-14(7-9-15)13-4-2-1-3-5-13)20(26(31)32)25(28-17)35-19-12-34-23-18(30)11-33-24(19)23/h1-10,18-19,23-24,28,30H,11-12H2,(H,31,32)/t18-,19-,23?,24-/m1/s1. The van der Waals surface area contributed by atoms with Crippen LogP contribution in [0.4, 0.5) is 0 Å². The molecule has 2 aliphatic heterocycles. The largest absolute Gasteiger partial charge is 0.477 e. The summed E-state index contributed by atoms with van der Waals surface area (Å²) >= 11 is 6.56. The molecule has 3 N–H and O–H groups in total. The molecule has 0 radical (unpaired) electrons. The Bertz CT molecular complexity index is 1410. The van der Waals surface area contributed by atoms with Gasteiger partial charge in [0.15, 0.2) is 6.10 Å². The van der Waals surface area contributed by atoms with E-state index in [1.165, 1.54) is 0 Å². The van der Waals surface area contributed by atoms with Crippen molar-refractivity contribution in [2.45, 2.75) is 24.4 Å². The summed E-state index contributed by atoms with van der Waals surface area (Å²) in [7, 11) is 0. The number of rotatable bonds is 5. The number of pyridine rings is 1. The minimum atomic E-state index is -1.19. The number of carboxylic acid groups (broad SMARTS) is 1. The van der Waals surface area contributed by atoms with Crippen LogP contribution in [0.1, 0.15) is 10.4 Å². The van der Waals surface area contributed by atoms with Crippen molar-refractivity contribution < 1.29 is 29.2 Å². The van der Waals surface area contributed by atoms with Crippen molar-refractivity contribution in [2.24, 2.45) is 0 Å². The van der Waals surface area contributed by atoms with Crippen LogP contribution in [0.15, 0.2) is 60.7 Å². The van der Waals surface area contributed by atoms with E-state index >= 15 is 0 Å². The highest BCUT2D eigenvalue weighted by molar-refractivity contribution is 6.33. The van der Waals surface area contributed by atoms with Gasteiger partial charge in [-0.2, -0.15) is 0 Å². The molecule has 178 valence electrons. The van der Waals surface area contributed by atoms with Gasteiger partial charge in [-0.25, -0.2) is 9.78 Å². The Balaban J connectivity index is 1.36. The lowest BCUT2D eigenvalue weighted by molar-refractivity contribution is 0.00766. The second-order valence-corrected chi connectivity index (χ2v) is 9.02. The Kier molecular flexibility index (Phi) is 5.46. The maximum atomic E-state index is 12.2. The van der Waals surface area contributed by atoms with Crippen LogP contribution >= 0.6 is 11.6 Å². The third kappa shape index (κ3) is 3.84. The molecule has 2 aromatic heterocycles. The number of fused-ring (bicyclic) bond motifs is 2. The number of ether oxygens (including phenoxy) is 3. The number of carbonyl (C=O) groups is 1. The highest BCUT2D eigenvalue weighted by Gasteiger charge is 2.49. The van der Waals surface area contributed by atoms with Crippen molar-refractivity contribution in [2.75, 3.05) is 13.2 Å². The molecule has 9 heteroatoms. The smallest absolute Gasteiger partial charge is 0.343 e. The van der Waals surface area contributed by atoms with Crippen LogP contribution in [0.2, 0.25) is 5.02 Å². The molecule has 2 aromatic carbocycles. The molecule has 0 saturated carbocycles. The summed E-state index contributed by atoms with van der Waals surface area (Å²) in [5, 5.41) is 20.3. The summed E-state index contributed by atoms with van der Waals surface area (Å²) in [6.07, 6.45) is -2.26. The summed E-state index contributed by atoms with van der Waals surface area (Å²) in [4.78, 5) is 19.8. The summed E-state index contributed by atoms with van der Waals surface area (Å²) in [6.45, 7) is 0.325. The van der Waals surface area contributed by atoms with Crippen molar-refractivity contribution in [1.29, 1.82) is 0 Å². The highest BCUT2D eigenvalue weighted by Crippen LogP contribution is 2.37. The van der Waals surface area contributed by atoms with Gasteiger partial charge in [0, 0.05) is 5.56 Å². The highest BCUT2D eigenvalue weighted by atomic mass is 35.5. The van der Waals surface area contributed by atoms with E-state index in [2.05, 4.69) is 9.97 Å². The minimum Gasteiger partial charge on any atom is -0.477 e. The van der Waals surface area contributed by atoms with Crippen LogP contribution in [0.25, 0.3) is 33.4 Å². The van der Waals surface area contributed by atoms with E-state index in [9.17, 15) is 15.0 Å². The van der Waals surface area contributed by atoms with Gasteiger partial charge in [0.25, 0.3) is 0 Å². The maximum absolute atomic E-state index is 12.2. The fourth-order valence-electron chi connectivity index (χ4n) is 4.70. The number of nitrogens with zero attached hydrogens (tertiary/aromatic N) is 1. The lowest BCUT2D eigenvalue weighted by Crippen LogP contribution is -2.34. The molecule has 1 unspecified atom stereocenters. The fourth-order valence-corrected chi connectivity index (χ4v) is 4.96. The number of benzene rings is 2. The number of aliphatic hydroxyl groups is 1. The summed E-state index contributed by atoms with van der Waals surface area (Å²) in [5.74, 6) is -1.14. The zero-order valence-electron chi connectivity index (χ0n) is 18.3. The van der Waals surface area contributed by atoms with Crippen molar-refractivity contribution in [3.8, 4) is 28.3 Å².